The lowest BCUT2D eigenvalue weighted by Crippen LogP contribution is -2.19. The number of rotatable bonds is 2. The highest BCUT2D eigenvalue weighted by molar-refractivity contribution is 5.87. The molecule has 1 N–H and O–H groups in total. The van der Waals surface area contributed by atoms with Gasteiger partial charge in [0.15, 0.2) is 11.4 Å². The highest BCUT2D eigenvalue weighted by atomic mass is 16.5. The number of hydrogen-bond acceptors (Lipinski definition) is 4. The van der Waals surface area contributed by atoms with Gasteiger partial charge in [0.25, 0.3) is 0 Å². The third-order valence-electron chi connectivity index (χ3n) is 1.71. The molecular weight excluding hydrogens is 166 g/mol. The van der Waals surface area contributed by atoms with Crippen molar-refractivity contribution in [3.05, 3.63) is 24.3 Å². The van der Waals surface area contributed by atoms with E-state index in [1.807, 2.05) is 43.4 Å². The summed E-state index contributed by atoms with van der Waals surface area (Å²) in [6, 6.07) is 7.74. The Morgan fingerprint density at radius 1 is 1.31 bits per heavy atom. The van der Waals surface area contributed by atoms with E-state index in [2.05, 4.69) is 10.6 Å². The maximum Gasteiger partial charge on any atom is 0.191 e. The maximum absolute atomic E-state index is 5.11. The molecule has 1 aromatic carbocycles. The summed E-state index contributed by atoms with van der Waals surface area (Å²) >= 11 is 0. The Kier molecular flexibility index (Phi) is 1.90. The van der Waals surface area contributed by atoms with Gasteiger partial charge in [-0.3, -0.25) is 0 Å². The first kappa shape index (κ1) is 8.07. The van der Waals surface area contributed by atoms with Crippen LogP contribution in [0.3, 0.4) is 0 Å². The van der Waals surface area contributed by atoms with E-state index in [1.54, 1.807) is 0 Å². The van der Waals surface area contributed by atoms with Crippen LogP contribution in [0.2, 0.25) is 0 Å². The molecule has 0 unspecified atom stereocenters. The number of aromatic nitrogens is 1. The molecule has 0 aliphatic heterocycles. The van der Waals surface area contributed by atoms with Crippen LogP contribution in [-0.4, -0.2) is 24.3 Å². The molecule has 4 heteroatoms. The number of fused-ring (bicyclic) bond motifs is 1. The Morgan fingerprint density at radius 2 is 2.08 bits per heavy atom. The summed E-state index contributed by atoms with van der Waals surface area (Å²) in [4.78, 5) is 0. The quantitative estimate of drug-likeness (QED) is 0.709. The smallest absolute Gasteiger partial charge is 0.191 e. The summed E-state index contributed by atoms with van der Waals surface area (Å²) in [6.45, 7) is 0. The molecule has 0 spiro atoms. The summed E-state index contributed by atoms with van der Waals surface area (Å²) < 4.78 is 5.11. The van der Waals surface area contributed by atoms with E-state index in [0.717, 1.165) is 16.8 Å². The molecule has 0 aliphatic carbocycles. The third kappa shape index (κ3) is 1.48. The molecule has 0 aliphatic rings. The zero-order valence-electron chi connectivity index (χ0n) is 7.61. The molecule has 0 bridgehead atoms. The molecule has 0 atom stereocenters. The fourth-order valence-electron chi connectivity index (χ4n) is 1.18. The first-order chi connectivity index (χ1) is 6.27. The maximum atomic E-state index is 5.11. The van der Waals surface area contributed by atoms with Gasteiger partial charge in [0.05, 0.1) is 5.39 Å². The van der Waals surface area contributed by atoms with Gasteiger partial charge < -0.3 is 9.95 Å². The Hall–Kier alpha value is -1.55. The molecule has 13 heavy (non-hydrogen) atoms. The minimum Gasteiger partial charge on any atom is -0.354 e. The minimum atomic E-state index is 0.751. The number of anilines is 1. The van der Waals surface area contributed by atoms with Crippen molar-refractivity contribution in [3.8, 4) is 0 Å². The fraction of sp³-hybridized carbons (Fsp3) is 0.222. The van der Waals surface area contributed by atoms with Crippen molar-refractivity contribution >= 4 is 16.8 Å². The lowest BCUT2D eigenvalue weighted by molar-refractivity contribution is 0.440. The van der Waals surface area contributed by atoms with Gasteiger partial charge in [-0.15, -0.1) is 0 Å². The fourth-order valence-corrected chi connectivity index (χ4v) is 1.18. The number of benzene rings is 1. The molecule has 1 heterocycles. The second-order valence-corrected chi connectivity index (χ2v) is 3.03. The Labute approximate surface area is 76.1 Å². The Morgan fingerprint density at radius 3 is 2.85 bits per heavy atom. The van der Waals surface area contributed by atoms with E-state index in [1.165, 1.54) is 0 Å². The van der Waals surface area contributed by atoms with Crippen LogP contribution in [0.25, 0.3) is 11.0 Å². The lowest BCUT2D eigenvalue weighted by atomic mass is 10.2. The molecule has 0 saturated heterocycles. The number of nitrogens with zero attached hydrogens (tertiary/aromatic N) is 2. The van der Waals surface area contributed by atoms with E-state index in [-0.39, 0.29) is 0 Å². The molecule has 4 nitrogen and oxygen atoms in total. The molecule has 0 fully saturated rings. The van der Waals surface area contributed by atoms with Crippen LogP contribution in [0.1, 0.15) is 0 Å². The van der Waals surface area contributed by atoms with Gasteiger partial charge in [-0.05, 0) is 12.1 Å². The third-order valence-corrected chi connectivity index (χ3v) is 1.71. The van der Waals surface area contributed by atoms with Gasteiger partial charge in [0.1, 0.15) is 0 Å². The van der Waals surface area contributed by atoms with Crippen molar-refractivity contribution < 1.29 is 4.52 Å². The van der Waals surface area contributed by atoms with Crippen LogP contribution in [0.15, 0.2) is 28.8 Å². The monoisotopic (exact) mass is 177 g/mol. The van der Waals surface area contributed by atoms with Crippen molar-refractivity contribution in [1.82, 2.24) is 10.2 Å². The normalized spacial score (nSPS) is 11.0. The molecule has 0 saturated carbocycles. The highest BCUT2D eigenvalue weighted by Crippen LogP contribution is 2.21. The average molecular weight is 177 g/mol. The van der Waals surface area contributed by atoms with E-state index < -0.39 is 0 Å². The first-order valence-electron chi connectivity index (χ1n) is 4.06. The molecule has 0 radical (unpaired) electrons. The molecule has 68 valence electrons. The SMILES string of the molecule is CN(C)Nc1noc2ccccc12. The number of hydrogen-bond donors (Lipinski definition) is 1. The Bertz CT molecular complexity index is 408. The molecule has 2 rings (SSSR count). The van der Waals surface area contributed by atoms with Crippen molar-refractivity contribution in [1.29, 1.82) is 0 Å². The predicted octanol–water partition coefficient (Wildman–Crippen LogP) is 1.72. The summed E-state index contributed by atoms with van der Waals surface area (Å²) in [6.07, 6.45) is 0. The largest absolute Gasteiger partial charge is 0.354 e. The summed E-state index contributed by atoms with van der Waals surface area (Å²) in [7, 11) is 3.81. The van der Waals surface area contributed by atoms with Gasteiger partial charge in [-0.1, -0.05) is 17.3 Å². The molecular formula is C9H11N3O. The van der Waals surface area contributed by atoms with Crippen LogP contribution in [-0.2, 0) is 0 Å². The van der Waals surface area contributed by atoms with Crippen molar-refractivity contribution in [2.75, 3.05) is 19.5 Å². The van der Waals surface area contributed by atoms with E-state index in [0.29, 0.717) is 0 Å². The summed E-state index contributed by atoms with van der Waals surface area (Å²) in [5, 5.41) is 6.73. The molecule has 2 aromatic rings. The average Bonchev–Trinajstić information content (AvgIpc) is 2.48. The zero-order chi connectivity index (χ0) is 9.26. The van der Waals surface area contributed by atoms with Crippen LogP contribution < -0.4 is 5.43 Å². The Balaban J connectivity index is 2.46. The van der Waals surface area contributed by atoms with Crippen LogP contribution >= 0.6 is 0 Å². The number of hydrazine groups is 1. The first-order valence-corrected chi connectivity index (χ1v) is 4.06. The molecule has 1 aromatic heterocycles. The topological polar surface area (TPSA) is 41.3 Å². The summed E-state index contributed by atoms with van der Waals surface area (Å²) in [5.41, 5.74) is 3.85. The van der Waals surface area contributed by atoms with Crippen LogP contribution in [0, 0.1) is 0 Å². The van der Waals surface area contributed by atoms with Crippen molar-refractivity contribution in [2.24, 2.45) is 0 Å². The zero-order valence-corrected chi connectivity index (χ0v) is 7.61. The minimum absolute atomic E-state index is 0.751. The van der Waals surface area contributed by atoms with Crippen molar-refractivity contribution in [2.45, 2.75) is 0 Å². The standard InChI is InChI=1S/C9H11N3O/c1-12(2)10-9-7-5-3-4-6-8(7)13-11-9/h3-6H,1-2H3,(H,10,11). The number of nitrogens with one attached hydrogen (secondary N) is 1. The van der Waals surface area contributed by atoms with Gasteiger partial charge in [-0.2, -0.15) is 0 Å². The predicted molar refractivity (Wildman–Crippen MR) is 51.3 cm³/mol. The summed E-state index contributed by atoms with van der Waals surface area (Å²) in [5.74, 6) is 0.751. The van der Waals surface area contributed by atoms with Crippen molar-refractivity contribution in [3.63, 3.8) is 0 Å². The number of para-hydroxylation sites is 1. The van der Waals surface area contributed by atoms with Gasteiger partial charge in [-0.25, -0.2) is 5.01 Å². The molecule has 0 amide bonds. The van der Waals surface area contributed by atoms with Gasteiger partial charge in [0.2, 0.25) is 0 Å². The van der Waals surface area contributed by atoms with E-state index in [9.17, 15) is 0 Å². The van der Waals surface area contributed by atoms with E-state index >= 15 is 0 Å². The van der Waals surface area contributed by atoms with Crippen LogP contribution in [0.5, 0.6) is 0 Å². The van der Waals surface area contributed by atoms with E-state index in [4.69, 9.17) is 4.52 Å². The highest BCUT2D eigenvalue weighted by Gasteiger charge is 2.06. The second kappa shape index (κ2) is 3.06. The van der Waals surface area contributed by atoms with Crippen LogP contribution in [0.4, 0.5) is 5.82 Å². The lowest BCUT2D eigenvalue weighted by Gasteiger charge is -2.09. The second-order valence-electron chi connectivity index (χ2n) is 3.03. The van der Waals surface area contributed by atoms with Gasteiger partial charge >= 0.3 is 0 Å². The van der Waals surface area contributed by atoms with Gasteiger partial charge in [0, 0.05) is 14.1 Å².